The second-order valence-electron chi connectivity index (χ2n) is 5.15. The first kappa shape index (κ1) is 13.4. The highest BCUT2D eigenvalue weighted by molar-refractivity contribution is 6.01. The van der Waals surface area contributed by atoms with Crippen molar-refractivity contribution in [3.8, 4) is 0 Å². The van der Waals surface area contributed by atoms with Gasteiger partial charge in [-0.2, -0.15) is 0 Å². The van der Waals surface area contributed by atoms with E-state index >= 15 is 0 Å². The Balaban J connectivity index is 1.98. The van der Waals surface area contributed by atoms with Gasteiger partial charge in [-0.3, -0.25) is 0 Å². The second kappa shape index (κ2) is 5.83. The predicted octanol–water partition coefficient (Wildman–Crippen LogP) is 2.13. The molecule has 3 N–H and O–H groups in total. The lowest BCUT2D eigenvalue weighted by Gasteiger charge is -2.24. The fourth-order valence-corrected chi connectivity index (χ4v) is 2.78. The van der Waals surface area contributed by atoms with E-state index in [9.17, 15) is 0 Å². The van der Waals surface area contributed by atoms with Crippen molar-refractivity contribution in [2.75, 3.05) is 11.4 Å². The average Bonchev–Trinajstić information content (AvgIpc) is 2.76. The van der Waals surface area contributed by atoms with Gasteiger partial charge in [-0.1, -0.05) is 29.4 Å². The molecule has 2 heterocycles. The Bertz CT molecular complexity index is 669. The molecule has 0 radical (unpaired) electrons. The molecule has 0 fully saturated rings. The number of rotatable bonds is 2. The molecule has 0 spiro atoms. The van der Waals surface area contributed by atoms with Crippen molar-refractivity contribution in [1.29, 1.82) is 0 Å². The first-order valence-corrected chi connectivity index (χ1v) is 7.04. The molecule has 1 aliphatic heterocycles. The van der Waals surface area contributed by atoms with Crippen LogP contribution in [-0.2, 0) is 13.0 Å². The maximum atomic E-state index is 8.94. The van der Waals surface area contributed by atoms with Gasteiger partial charge in [-0.25, -0.2) is 4.98 Å². The Hall–Kier alpha value is -2.56. The maximum absolute atomic E-state index is 8.94. The van der Waals surface area contributed by atoms with Crippen molar-refractivity contribution in [3.63, 3.8) is 0 Å². The topological polar surface area (TPSA) is 74.7 Å². The van der Waals surface area contributed by atoms with Crippen LogP contribution in [0.2, 0.25) is 0 Å². The van der Waals surface area contributed by atoms with Gasteiger partial charge in [0.05, 0.1) is 5.56 Å². The minimum atomic E-state index is 0.0932. The summed E-state index contributed by atoms with van der Waals surface area (Å²) in [4.78, 5) is 6.63. The Morgan fingerprint density at radius 2 is 2.00 bits per heavy atom. The van der Waals surface area contributed by atoms with Crippen molar-refractivity contribution in [2.45, 2.75) is 19.4 Å². The SMILES string of the molecule is NC(=NO)c1cccnc1N1CCCc2ccccc2C1. The number of nitrogens with zero attached hydrogens (tertiary/aromatic N) is 3. The molecule has 5 nitrogen and oxygen atoms in total. The monoisotopic (exact) mass is 282 g/mol. The van der Waals surface area contributed by atoms with Crippen molar-refractivity contribution in [3.05, 3.63) is 59.3 Å². The highest BCUT2D eigenvalue weighted by Crippen LogP contribution is 2.24. The smallest absolute Gasteiger partial charge is 0.173 e. The molecule has 0 atom stereocenters. The molecule has 0 aliphatic carbocycles. The number of anilines is 1. The number of pyridine rings is 1. The number of aryl methyl sites for hydroxylation is 1. The Morgan fingerprint density at radius 3 is 2.81 bits per heavy atom. The molecular formula is C16H18N4O. The zero-order valence-corrected chi connectivity index (χ0v) is 11.7. The van der Waals surface area contributed by atoms with Gasteiger partial charge in [0.1, 0.15) is 5.82 Å². The van der Waals surface area contributed by atoms with Crippen molar-refractivity contribution in [1.82, 2.24) is 4.98 Å². The number of benzene rings is 1. The van der Waals surface area contributed by atoms with E-state index in [1.165, 1.54) is 11.1 Å². The van der Waals surface area contributed by atoms with Crippen LogP contribution in [0.5, 0.6) is 0 Å². The number of fused-ring (bicyclic) bond motifs is 1. The van der Waals surface area contributed by atoms with Crippen molar-refractivity contribution in [2.24, 2.45) is 10.9 Å². The van der Waals surface area contributed by atoms with Gasteiger partial charge in [0.25, 0.3) is 0 Å². The van der Waals surface area contributed by atoms with Gasteiger partial charge in [0.2, 0.25) is 0 Å². The molecule has 5 heteroatoms. The van der Waals surface area contributed by atoms with E-state index in [1.54, 1.807) is 12.3 Å². The van der Waals surface area contributed by atoms with Crippen LogP contribution < -0.4 is 10.6 Å². The Labute approximate surface area is 123 Å². The summed E-state index contributed by atoms with van der Waals surface area (Å²) >= 11 is 0. The molecule has 108 valence electrons. The average molecular weight is 282 g/mol. The third-order valence-electron chi connectivity index (χ3n) is 3.82. The highest BCUT2D eigenvalue weighted by Gasteiger charge is 2.19. The van der Waals surface area contributed by atoms with Gasteiger partial charge in [0.15, 0.2) is 5.84 Å². The third kappa shape index (κ3) is 2.67. The first-order valence-electron chi connectivity index (χ1n) is 7.04. The van der Waals surface area contributed by atoms with Crippen molar-refractivity contribution >= 4 is 11.7 Å². The lowest BCUT2D eigenvalue weighted by molar-refractivity contribution is 0.318. The second-order valence-corrected chi connectivity index (χ2v) is 5.15. The first-order chi connectivity index (χ1) is 10.3. The summed E-state index contributed by atoms with van der Waals surface area (Å²) in [5, 5.41) is 12.1. The summed E-state index contributed by atoms with van der Waals surface area (Å²) in [6.45, 7) is 1.69. The summed E-state index contributed by atoms with van der Waals surface area (Å²) < 4.78 is 0. The fraction of sp³-hybridized carbons (Fsp3) is 0.250. The number of aromatic nitrogens is 1. The Kier molecular flexibility index (Phi) is 3.73. The fourth-order valence-electron chi connectivity index (χ4n) is 2.78. The zero-order valence-electron chi connectivity index (χ0n) is 11.7. The van der Waals surface area contributed by atoms with Gasteiger partial charge >= 0.3 is 0 Å². The number of hydrogen-bond acceptors (Lipinski definition) is 4. The number of hydrogen-bond donors (Lipinski definition) is 2. The minimum absolute atomic E-state index is 0.0932. The number of nitrogens with two attached hydrogens (primary N) is 1. The molecule has 3 rings (SSSR count). The van der Waals surface area contributed by atoms with Gasteiger partial charge < -0.3 is 15.8 Å². The van der Waals surface area contributed by atoms with Crippen LogP contribution in [0.4, 0.5) is 5.82 Å². The molecule has 0 unspecified atom stereocenters. The van der Waals surface area contributed by atoms with Gasteiger partial charge in [0, 0.05) is 19.3 Å². The molecule has 21 heavy (non-hydrogen) atoms. The molecule has 2 aromatic rings. The highest BCUT2D eigenvalue weighted by atomic mass is 16.4. The van der Waals surface area contributed by atoms with E-state index in [4.69, 9.17) is 10.9 Å². The molecule has 0 saturated heterocycles. The lowest BCUT2D eigenvalue weighted by Crippen LogP contribution is -2.27. The normalized spacial score (nSPS) is 15.4. The molecule has 0 bridgehead atoms. The summed E-state index contributed by atoms with van der Waals surface area (Å²) in [5.41, 5.74) is 9.14. The van der Waals surface area contributed by atoms with Crippen LogP contribution in [0.1, 0.15) is 23.1 Å². The third-order valence-corrected chi connectivity index (χ3v) is 3.82. The lowest BCUT2D eigenvalue weighted by atomic mass is 10.0. The van der Waals surface area contributed by atoms with Crippen LogP contribution >= 0.6 is 0 Å². The van der Waals surface area contributed by atoms with Gasteiger partial charge in [-0.15, -0.1) is 0 Å². The van der Waals surface area contributed by atoms with E-state index in [2.05, 4.69) is 39.3 Å². The van der Waals surface area contributed by atoms with Crippen molar-refractivity contribution < 1.29 is 5.21 Å². The molecular weight excluding hydrogens is 264 g/mol. The minimum Gasteiger partial charge on any atom is -0.409 e. The van der Waals surface area contributed by atoms with Crippen LogP contribution in [-0.4, -0.2) is 22.6 Å². The number of oxime groups is 1. The zero-order chi connectivity index (χ0) is 14.7. The van der Waals surface area contributed by atoms with Crippen LogP contribution in [0.25, 0.3) is 0 Å². The quantitative estimate of drug-likeness (QED) is 0.383. The van der Waals surface area contributed by atoms with Crippen LogP contribution in [0.15, 0.2) is 47.8 Å². The Morgan fingerprint density at radius 1 is 1.19 bits per heavy atom. The van der Waals surface area contributed by atoms with Crippen LogP contribution in [0, 0.1) is 0 Å². The summed E-state index contributed by atoms with van der Waals surface area (Å²) in [5.74, 6) is 0.861. The van der Waals surface area contributed by atoms with Gasteiger partial charge in [-0.05, 0) is 36.1 Å². The number of amidine groups is 1. The van der Waals surface area contributed by atoms with Crippen LogP contribution in [0.3, 0.4) is 0 Å². The molecule has 0 saturated carbocycles. The van der Waals surface area contributed by atoms with E-state index in [1.807, 2.05) is 6.07 Å². The molecule has 1 aliphatic rings. The van der Waals surface area contributed by atoms with E-state index in [-0.39, 0.29) is 5.84 Å². The van der Waals surface area contributed by atoms with E-state index in [0.717, 1.165) is 31.7 Å². The molecule has 1 aromatic carbocycles. The van der Waals surface area contributed by atoms with E-state index in [0.29, 0.717) is 5.56 Å². The predicted molar refractivity (Wildman–Crippen MR) is 82.6 cm³/mol. The summed E-state index contributed by atoms with van der Waals surface area (Å²) in [7, 11) is 0. The van der Waals surface area contributed by atoms with E-state index < -0.39 is 0 Å². The standard InChI is InChI=1S/C16H18N4O/c17-15(19-21)14-8-3-9-18-16(14)20-10-4-7-12-5-1-2-6-13(12)11-20/h1-3,5-6,8-9,21H,4,7,10-11H2,(H2,17,19). The maximum Gasteiger partial charge on any atom is 0.173 e. The summed E-state index contributed by atoms with van der Waals surface area (Å²) in [6, 6.07) is 12.1. The summed E-state index contributed by atoms with van der Waals surface area (Å²) in [6.07, 6.45) is 3.86. The molecule has 0 amide bonds. The molecule has 1 aromatic heterocycles. The largest absolute Gasteiger partial charge is 0.409 e.